The van der Waals surface area contributed by atoms with Crippen LogP contribution in [0.15, 0.2) is 34.8 Å². The van der Waals surface area contributed by atoms with Gasteiger partial charge in [-0.05, 0) is 46.6 Å². The first kappa shape index (κ1) is 14.8. The van der Waals surface area contributed by atoms with Gasteiger partial charge in [-0.2, -0.15) is 0 Å². The number of hydrogen-bond acceptors (Lipinski definition) is 3. The van der Waals surface area contributed by atoms with E-state index in [1.54, 1.807) is 11.3 Å². The summed E-state index contributed by atoms with van der Waals surface area (Å²) in [5, 5.41) is 3.36. The predicted molar refractivity (Wildman–Crippen MR) is 91.6 cm³/mol. The third-order valence-electron chi connectivity index (χ3n) is 2.58. The quantitative estimate of drug-likeness (QED) is 0.758. The minimum atomic E-state index is 0.383. The SMILES string of the molecule is NC(=S)c1c(Br)cccc1NCCc1ccc(Cl)s1. The molecule has 1 heterocycles. The van der Waals surface area contributed by atoms with E-state index < -0.39 is 0 Å². The molecule has 2 aromatic rings. The Bertz CT molecular complexity index is 598. The maximum absolute atomic E-state index is 5.90. The van der Waals surface area contributed by atoms with Crippen LogP contribution in [-0.4, -0.2) is 11.5 Å². The highest BCUT2D eigenvalue weighted by atomic mass is 79.9. The molecule has 0 amide bonds. The highest BCUT2D eigenvalue weighted by Gasteiger charge is 2.08. The van der Waals surface area contributed by atoms with Gasteiger partial charge in [0.1, 0.15) is 4.99 Å². The summed E-state index contributed by atoms with van der Waals surface area (Å²) in [5.41, 5.74) is 7.55. The fourth-order valence-electron chi connectivity index (χ4n) is 1.73. The molecule has 0 bridgehead atoms. The summed E-state index contributed by atoms with van der Waals surface area (Å²) in [6.45, 7) is 0.808. The van der Waals surface area contributed by atoms with Gasteiger partial charge in [0.2, 0.25) is 0 Å². The molecule has 1 aromatic heterocycles. The van der Waals surface area contributed by atoms with Gasteiger partial charge in [0.25, 0.3) is 0 Å². The maximum Gasteiger partial charge on any atom is 0.107 e. The highest BCUT2D eigenvalue weighted by Crippen LogP contribution is 2.25. The Morgan fingerprint density at radius 2 is 2.16 bits per heavy atom. The zero-order valence-corrected chi connectivity index (χ0v) is 13.9. The van der Waals surface area contributed by atoms with E-state index in [0.717, 1.165) is 33.0 Å². The Labute approximate surface area is 135 Å². The molecule has 0 radical (unpaired) electrons. The van der Waals surface area contributed by atoms with E-state index in [9.17, 15) is 0 Å². The molecule has 3 N–H and O–H groups in total. The standard InChI is InChI=1S/C13H12BrClN2S2/c14-9-2-1-3-10(12(9)13(16)18)17-7-6-8-4-5-11(15)19-8/h1-5,17H,6-7H2,(H2,16,18). The summed E-state index contributed by atoms with van der Waals surface area (Å²) in [6.07, 6.45) is 0.917. The lowest BCUT2D eigenvalue weighted by Crippen LogP contribution is -2.15. The minimum Gasteiger partial charge on any atom is -0.389 e. The molecule has 100 valence electrons. The molecule has 0 saturated heterocycles. The molecular formula is C13H12BrClN2S2. The molecule has 0 aliphatic heterocycles. The molecule has 6 heteroatoms. The number of anilines is 1. The monoisotopic (exact) mass is 374 g/mol. The normalized spacial score (nSPS) is 10.4. The second-order valence-corrected chi connectivity index (χ2v) is 7.00. The number of halogens is 2. The van der Waals surface area contributed by atoms with Crippen LogP contribution in [0.2, 0.25) is 4.34 Å². The van der Waals surface area contributed by atoms with Crippen LogP contribution >= 0.6 is 51.1 Å². The molecule has 19 heavy (non-hydrogen) atoms. The predicted octanol–water partition coefficient (Wildman–Crippen LogP) is 4.45. The summed E-state index contributed by atoms with van der Waals surface area (Å²) in [6, 6.07) is 9.82. The molecule has 2 nitrogen and oxygen atoms in total. The van der Waals surface area contributed by atoms with Gasteiger partial charge in [-0.1, -0.05) is 29.9 Å². The molecule has 0 unspecified atom stereocenters. The lowest BCUT2D eigenvalue weighted by molar-refractivity contribution is 1.04. The van der Waals surface area contributed by atoms with E-state index in [1.165, 1.54) is 4.88 Å². The van der Waals surface area contributed by atoms with Gasteiger partial charge >= 0.3 is 0 Å². The minimum absolute atomic E-state index is 0.383. The van der Waals surface area contributed by atoms with Gasteiger partial charge in [0, 0.05) is 27.1 Å². The van der Waals surface area contributed by atoms with Gasteiger partial charge in [-0.3, -0.25) is 0 Å². The number of hydrogen-bond donors (Lipinski definition) is 2. The van der Waals surface area contributed by atoms with Crippen LogP contribution in [0.5, 0.6) is 0 Å². The first-order valence-corrected chi connectivity index (χ1v) is 8.04. The van der Waals surface area contributed by atoms with E-state index in [4.69, 9.17) is 29.6 Å². The number of thiophene rings is 1. The van der Waals surface area contributed by atoms with Crippen LogP contribution in [0.25, 0.3) is 0 Å². The fourth-order valence-corrected chi connectivity index (χ4v) is 3.75. The van der Waals surface area contributed by atoms with Crippen LogP contribution in [0.3, 0.4) is 0 Å². The summed E-state index contributed by atoms with van der Waals surface area (Å²) in [4.78, 5) is 1.64. The van der Waals surface area contributed by atoms with Crippen LogP contribution in [0.4, 0.5) is 5.69 Å². The van der Waals surface area contributed by atoms with Crippen LogP contribution in [0.1, 0.15) is 10.4 Å². The topological polar surface area (TPSA) is 38.0 Å². The maximum atomic E-state index is 5.90. The molecule has 0 atom stereocenters. The first-order chi connectivity index (χ1) is 9.08. The van der Waals surface area contributed by atoms with Crippen molar-refractivity contribution in [2.24, 2.45) is 5.73 Å². The van der Waals surface area contributed by atoms with Crippen molar-refractivity contribution >= 4 is 61.8 Å². The molecule has 0 spiro atoms. The van der Waals surface area contributed by atoms with Gasteiger partial charge in [0.05, 0.1) is 4.34 Å². The van der Waals surface area contributed by atoms with Crippen molar-refractivity contribution in [3.63, 3.8) is 0 Å². The second kappa shape index (κ2) is 6.70. The Morgan fingerprint density at radius 3 is 2.79 bits per heavy atom. The van der Waals surface area contributed by atoms with Crippen molar-refractivity contribution in [2.45, 2.75) is 6.42 Å². The third kappa shape index (κ3) is 3.92. The Morgan fingerprint density at radius 1 is 1.37 bits per heavy atom. The number of benzene rings is 1. The van der Waals surface area contributed by atoms with Crippen LogP contribution in [-0.2, 0) is 6.42 Å². The summed E-state index contributed by atoms with van der Waals surface area (Å²) >= 11 is 16.0. The van der Waals surface area contributed by atoms with E-state index in [2.05, 4.69) is 21.2 Å². The highest BCUT2D eigenvalue weighted by molar-refractivity contribution is 9.10. The average Bonchev–Trinajstić information content (AvgIpc) is 2.74. The summed E-state index contributed by atoms with van der Waals surface area (Å²) < 4.78 is 1.73. The second-order valence-electron chi connectivity index (χ2n) is 3.91. The lowest BCUT2D eigenvalue weighted by atomic mass is 10.1. The molecule has 0 saturated carbocycles. The third-order valence-corrected chi connectivity index (χ3v) is 4.73. The van der Waals surface area contributed by atoms with Crippen molar-refractivity contribution in [1.82, 2.24) is 0 Å². The van der Waals surface area contributed by atoms with Crippen molar-refractivity contribution in [3.8, 4) is 0 Å². The van der Waals surface area contributed by atoms with Crippen LogP contribution < -0.4 is 11.1 Å². The van der Waals surface area contributed by atoms with Gasteiger partial charge in [-0.25, -0.2) is 0 Å². The number of nitrogens with one attached hydrogen (secondary N) is 1. The van der Waals surface area contributed by atoms with Crippen molar-refractivity contribution in [3.05, 3.63) is 49.6 Å². The summed E-state index contributed by atoms with van der Waals surface area (Å²) in [7, 11) is 0. The Hall–Kier alpha value is -0.620. The van der Waals surface area contributed by atoms with E-state index in [0.29, 0.717) is 4.99 Å². The zero-order chi connectivity index (χ0) is 13.8. The molecule has 2 rings (SSSR count). The smallest absolute Gasteiger partial charge is 0.107 e. The van der Waals surface area contributed by atoms with E-state index in [-0.39, 0.29) is 0 Å². The van der Waals surface area contributed by atoms with E-state index in [1.807, 2.05) is 30.3 Å². The summed E-state index contributed by atoms with van der Waals surface area (Å²) in [5.74, 6) is 0. The Balaban J connectivity index is 2.03. The molecule has 0 aliphatic rings. The Kier molecular flexibility index (Phi) is 5.21. The van der Waals surface area contributed by atoms with Gasteiger partial charge < -0.3 is 11.1 Å². The molecule has 0 fully saturated rings. The molecule has 1 aromatic carbocycles. The molecular weight excluding hydrogens is 364 g/mol. The zero-order valence-electron chi connectivity index (χ0n) is 9.95. The first-order valence-electron chi connectivity index (χ1n) is 5.64. The van der Waals surface area contributed by atoms with Crippen molar-refractivity contribution in [1.29, 1.82) is 0 Å². The van der Waals surface area contributed by atoms with E-state index >= 15 is 0 Å². The number of nitrogens with two attached hydrogens (primary N) is 1. The van der Waals surface area contributed by atoms with Crippen molar-refractivity contribution < 1.29 is 0 Å². The van der Waals surface area contributed by atoms with Gasteiger partial charge in [0.15, 0.2) is 0 Å². The molecule has 0 aliphatic carbocycles. The largest absolute Gasteiger partial charge is 0.389 e. The average molecular weight is 376 g/mol. The lowest BCUT2D eigenvalue weighted by Gasteiger charge is -2.12. The van der Waals surface area contributed by atoms with Crippen molar-refractivity contribution in [2.75, 3.05) is 11.9 Å². The van der Waals surface area contributed by atoms with Crippen LogP contribution in [0, 0.1) is 0 Å². The van der Waals surface area contributed by atoms with Gasteiger partial charge in [-0.15, -0.1) is 11.3 Å². The number of rotatable bonds is 5. The number of thiocarbonyl (C=S) groups is 1. The fraction of sp³-hybridized carbons (Fsp3) is 0.154.